The lowest BCUT2D eigenvalue weighted by molar-refractivity contribution is -0.142. The first-order valence-electron chi connectivity index (χ1n) is 6.35. The van der Waals surface area contributed by atoms with Crippen LogP contribution in [0.15, 0.2) is 24.3 Å². The highest BCUT2D eigenvalue weighted by Crippen LogP contribution is 2.38. The number of fused-ring (bicyclic) bond motifs is 1. The third-order valence-corrected chi connectivity index (χ3v) is 3.79. The van der Waals surface area contributed by atoms with Crippen LogP contribution in [-0.2, 0) is 14.3 Å². The van der Waals surface area contributed by atoms with E-state index in [-0.39, 0.29) is 24.3 Å². The smallest absolute Gasteiger partial charge is 0.254 e. The minimum absolute atomic E-state index is 0.0193. The van der Waals surface area contributed by atoms with Gasteiger partial charge in [0.15, 0.2) is 6.23 Å². The molecule has 2 saturated heterocycles. The van der Waals surface area contributed by atoms with Crippen molar-refractivity contribution in [2.24, 2.45) is 0 Å². The molecule has 19 heavy (non-hydrogen) atoms. The largest absolute Gasteiger partial charge is 0.497 e. The topological polar surface area (TPSA) is 48.0 Å². The van der Waals surface area contributed by atoms with E-state index in [4.69, 9.17) is 14.2 Å². The zero-order valence-corrected chi connectivity index (χ0v) is 11.0. The molecule has 0 radical (unpaired) electrons. The van der Waals surface area contributed by atoms with E-state index in [1.165, 1.54) is 0 Å². The molecule has 1 aromatic rings. The van der Waals surface area contributed by atoms with Gasteiger partial charge >= 0.3 is 0 Å². The highest BCUT2D eigenvalue weighted by atomic mass is 16.5. The van der Waals surface area contributed by atoms with E-state index in [0.717, 1.165) is 11.3 Å². The van der Waals surface area contributed by atoms with Crippen LogP contribution in [0.5, 0.6) is 5.75 Å². The number of amides is 1. The number of methoxy groups -OCH3 is 2. The molecule has 1 unspecified atom stereocenters. The van der Waals surface area contributed by atoms with Crippen molar-refractivity contribution in [2.75, 3.05) is 20.8 Å². The fourth-order valence-electron chi connectivity index (χ4n) is 2.77. The molecule has 1 amide bonds. The summed E-state index contributed by atoms with van der Waals surface area (Å²) >= 11 is 0. The first-order valence-corrected chi connectivity index (χ1v) is 6.35. The first kappa shape index (κ1) is 12.4. The first-order chi connectivity index (χ1) is 9.24. The van der Waals surface area contributed by atoms with Gasteiger partial charge in [-0.3, -0.25) is 4.79 Å². The second-order valence-electron chi connectivity index (χ2n) is 4.82. The van der Waals surface area contributed by atoms with Crippen molar-refractivity contribution < 1.29 is 19.0 Å². The monoisotopic (exact) mass is 263 g/mol. The molecule has 2 aliphatic heterocycles. The van der Waals surface area contributed by atoms with Crippen LogP contribution < -0.4 is 4.74 Å². The molecule has 0 aromatic heterocycles. The molecular formula is C14H17NO4. The number of nitrogens with zero attached hydrogens (tertiary/aromatic N) is 1. The second-order valence-corrected chi connectivity index (χ2v) is 4.82. The maximum Gasteiger partial charge on any atom is 0.254 e. The highest BCUT2D eigenvalue weighted by Gasteiger charge is 2.48. The maximum absolute atomic E-state index is 12.2. The van der Waals surface area contributed by atoms with Crippen molar-refractivity contribution >= 4 is 5.91 Å². The average molecular weight is 263 g/mol. The predicted octanol–water partition coefficient (Wildman–Crippen LogP) is 1.34. The van der Waals surface area contributed by atoms with E-state index in [1.807, 2.05) is 24.3 Å². The molecule has 3 rings (SSSR count). The summed E-state index contributed by atoms with van der Waals surface area (Å²) in [6.45, 7) is 0.572. The number of benzene rings is 1. The molecule has 2 aliphatic rings. The Morgan fingerprint density at radius 1 is 1.26 bits per heavy atom. The maximum atomic E-state index is 12.2. The summed E-state index contributed by atoms with van der Waals surface area (Å²) < 4.78 is 16.1. The van der Waals surface area contributed by atoms with Crippen LogP contribution in [0.3, 0.4) is 0 Å². The predicted molar refractivity (Wildman–Crippen MR) is 67.7 cm³/mol. The Morgan fingerprint density at radius 2 is 2.00 bits per heavy atom. The molecule has 3 atom stereocenters. The Kier molecular flexibility index (Phi) is 3.16. The summed E-state index contributed by atoms with van der Waals surface area (Å²) in [6, 6.07) is 7.74. The lowest BCUT2D eigenvalue weighted by Crippen LogP contribution is -2.33. The Balaban J connectivity index is 1.83. The van der Waals surface area contributed by atoms with Gasteiger partial charge in [-0.2, -0.15) is 0 Å². The minimum Gasteiger partial charge on any atom is -0.497 e. The third kappa shape index (κ3) is 1.99. The quantitative estimate of drug-likeness (QED) is 0.825. The van der Waals surface area contributed by atoms with E-state index in [1.54, 1.807) is 19.1 Å². The number of carbonyl (C=O) groups excluding carboxylic acids is 1. The summed E-state index contributed by atoms with van der Waals surface area (Å²) in [7, 11) is 3.21. The number of ether oxygens (including phenoxy) is 3. The normalized spacial score (nSPS) is 29.7. The van der Waals surface area contributed by atoms with Gasteiger partial charge in [-0.05, 0) is 12.1 Å². The molecule has 0 spiro atoms. The van der Waals surface area contributed by atoms with Gasteiger partial charge in [0.05, 0.1) is 19.8 Å². The van der Waals surface area contributed by atoms with Gasteiger partial charge in [0.2, 0.25) is 0 Å². The lowest BCUT2D eigenvalue weighted by atomic mass is 10.2. The molecule has 102 valence electrons. The van der Waals surface area contributed by atoms with E-state index in [9.17, 15) is 4.79 Å². The standard InChI is InChI=1S/C14H17NO4/c1-17-11-5-3-9(4-6-11)14-15-10(8-19-14)7-12(18-2)13(15)16/h3-6,10,12,14H,7-8H2,1-2H3/t10-,12?,14+/m0/s1. The molecule has 5 nitrogen and oxygen atoms in total. The van der Waals surface area contributed by atoms with Crippen LogP contribution in [0, 0.1) is 0 Å². The van der Waals surface area contributed by atoms with Crippen LogP contribution >= 0.6 is 0 Å². The summed E-state index contributed by atoms with van der Waals surface area (Å²) in [6.07, 6.45) is 0.0836. The van der Waals surface area contributed by atoms with Gasteiger partial charge in [0.1, 0.15) is 11.9 Å². The van der Waals surface area contributed by atoms with Crippen molar-refractivity contribution in [1.82, 2.24) is 4.90 Å². The minimum atomic E-state index is -0.324. The number of hydrogen-bond acceptors (Lipinski definition) is 4. The number of carbonyl (C=O) groups is 1. The molecule has 0 saturated carbocycles. The van der Waals surface area contributed by atoms with Crippen LogP contribution in [0.2, 0.25) is 0 Å². The highest BCUT2D eigenvalue weighted by molar-refractivity contribution is 5.84. The zero-order valence-electron chi connectivity index (χ0n) is 11.0. The van der Waals surface area contributed by atoms with Gasteiger partial charge in [0.25, 0.3) is 5.91 Å². The number of rotatable bonds is 3. The van der Waals surface area contributed by atoms with Crippen molar-refractivity contribution in [1.29, 1.82) is 0 Å². The van der Waals surface area contributed by atoms with Crippen LogP contribution in [0.1, 0.15) is 18.2 Å². The Hall–Kier alpha value is -1.59. The zero-order chi connectivity index (χ0) is 13.4. The van der Waals surface area contributed by atoms with E-state index in [0.29, 0.717) is 13.0 Å². The molecule has 0 bridgehead atoms. The average Bonchev–Trinajstić information content (AvgIpc) is 2.99. The van der Waals surface area contributed by atoms with Crippen molar-refractivity contribution in [2.45, 2.75) is 24.8 Å². The molecule has 0 aliphatic carbocycles. The molecule has 5 heteroatoms. The van der Waals surface area contributed by atoms with E-state index in [2.05, 4.69) is 0 Å². The summed E-state index contributed by atoms with van der Waals surface area (Å²) in [5.41, 5.74) is 0.966. The second kappa shape index (κ2) is 4.83. The summed E-state index contributed by atoms with van der Waals surface area (Å²) in [4.78, 5) is 14.0. The van der Waals surface area contributed by atoms with Gasteiger partial charge in [-0.25, -0.2) is 0 Å². The summed E-state index contributed by atoms with van der Waals surface area (Å²) in [5.74, 6) is 0.812. The molecule has 2 heterocycles. The number of hydrogen-bond donors (Lipinski definition) is 0. The fourth-order valence-corrected chi connectivity index (χ4v) is 2.77. The SMILES string of the molecule is COc1ccc([C@H]2OC[C@@H]3CC(OC)C(=O)N32)cc1. The molecule has 0 N–H and O–H groups in total. The van der Waals surface area contributed by atoms with Crippen LogP contribution in [0.4, 0.5) is 0 Å². The third-order valence-electron chi connectivity index (χ3n) is 3.79. The Labute approximate surface area is 112 Å². The van der Waals surface area contributed by atoms with Crippen molar-refractivity contribution in [3.05, 3.63) is 29.8 Å². The van der Waals surface area contributed by atoms with Gasteiger partial charge < -0.3 is 19.1 Å². The van der Waals surface area contributed by atoms with Gasteiger partial charge in [-0.1, -0.05) is 12.1 Å². The Morgan fingerprint density at radius 3 is 2.63 bits per heavy atom. The van der Waals surface area contributed by atoms with Crippen molar-refractivity contribution in [3.63, 3.8) is 0 Å². The lowest BCUT2D eigenvalue weighted by Gasteiger charge is -2.23. The van der Waals surface area contributed by atoms with E-state index >= 15 is 0 Å². The van der Waals surface area contributed by atoms with Gasteiger partial charge in [0, 0.05) is 19.1 Å². The fraction of sp³-hybridized carbons (Fsp3) is 0.500. The van der Waals surface area contributed by atoms with Gasteiger partial charge in [-0.15, -0.1) is 0 Å². The Bertz CT molecular complexity index is 473. The molecule has 2 fully saturated rings. The molecular weight excluding hydrogens is 246 g/mol. The van der Waals surface area contributed by atoms with Crippen molar-refractivity contribution in [3.8, 4) is 5.75 Å². The van der Waals surface area contributed by atoms with Crippen LogP contribution in [0.25, 0.3) is 0 Å². The van der Waals surface area contributed by atoms with E-state index < -0.39 is 0 Å². The van der Waals surface area contributed by atoms with Crippen LogP contribution in [-0.4, -0.2) is 43.8 Å². The molecule has 1 aromatic carbocycles. The summed E-state index contributed by atoms with van der Waals surface area (Å²) in [5, 5.41) is 0.